The van der Waals surface area contributed by atoms with E-state index in [0.717, 1.165) is 6.07 Å². The Morgan fingerprint density at radius 3 is 2.64 bits per heavy atom. The number of esters is 1. The van der Waals surface area contributed by atoms with E-state index in [-0.39, 0.29) is 30.3 Å². The summed E-state index contributed by atoms with van der Waals surface area (Å²) < 4.78 is 18.3. The van der Waals surface area contributed by atoms with E-state index in [1.54, 1.807) is 0 Å². The van der Waals surface area contributed by atoms with Gasteiger partial charge in [-0.05, 0) is 36.5 Å². The Morgan fingerprint density at radius 2 is 2.14 bits per heavy atom. The first-order chi connectivity index (χ1) is 10.4. The Kier molecular flexibility index (Phi) is 6.54. The molecule has 22 heavy (non-hydrogen) atoms. The van der Waals surface area contributed by atoms with Gasteiger partial charge in [-0.2, -0.15) is 0 Å². The molecule has 0 aliphatic rings. The molecule has 1 rings (SSSR count). The Hall–Kier alpha value is -2.39. The summed E-state index contributed by atoms with van der Waals surface area (Å²) in [5.74, 6) is 0.228. The highest BCUT2D eigenvalue weighted by atomic mass is 19.1. The van der Waals surface area contributed by atoms with Gasteiger partial charge in [0.25, 0.3) is 5.91 Å². The highest BCUT2D eigenvalue weighted by Crippen LogP contribution is 2.13. The summed E-state index contributed by atoms with van der Waals surface area (Å²) in [7, 11) is 0. The van der Waals surface area contributed by atoms with Crippen LogP contribution in [0.4, 0.5) is 4.39 Å². The van der Waals surface area contributed by atoms with E-state index >= 15 is 0 Å². The molecular weight excluding hydrogens is 287 g/mol. The van der Waals surface area contributed by atoms with Crippen molar-refractivity contribution in [1.29, 1.82) is 0 Å². The Balaban J connectivity index is 2.98. The van der Waals surface area contributed by atoms with Crippen LogP contribution in [0.15, 0.2) is 18.2 Å². The molecule has 0 bridgehead atoms. The van der Waals surface area contributed by atoms with Crippen LogP contribution in [-0.2, 0) is 9.53 Å². The first-order valence-electron chi connectivity index (χ1n) is 6.76. The molecule has 0 saturated heterocycles. The van der Waals surface area contributed by atoms with Crippen LogP contribution in [-0.4, -0.2) is 36.6 Å². The number of amides is 1. The van der Waals surface area contributed by atoms with Crippen LogP contribution in [0, 0.1) is 24.1 Å². The standard InChI is InChI=1S/C16H18FN2O3/c1-4-12-5-6-13(7-14(12)17)16(21)19(8-11(2)3)9-15(20)22-10-18/h5-7,11H,8-10,18H2,2-3H3. The smallest absolute Gasteiger partial charge is 0.326 e. The van der Waals surface area contributed by atoms with E-state index in [9.17, 15) is 14.0 Å². The Bertz CT molecular complexity index is 594. The zero-order valence-corrected chi connectivity index (χ0v) is 12.6. The number of nitrogens with zero attached hydrogens (tertiary/aromatic N) is 1. The monoisotopic (exact) mass is 305 g/mol. The van der Waals surface area contributed by atoms with Crippen molar-refractivity contribution in [3.05, 3.63) is 41.6 Å². The van der Waals surface area contributed by atoms with Gasteiger partial charge in [0.15, 0.2) is 0 Å². The molecule has 0 unspecified atom stereocenters. The van der Waals surface area contributed by atoms with Crippen LogP contribution in [0.1, 0.15) is 29.8 Å². The molecule has 0 spiro atoms. The minimum absolute atomic E-state index is 0.0329. The molecule has 1 radical (unpaired) electrons. The van der Waals surface area contributed by atoms with Gasteiger partial charge in [-0.15, -0.1) is 0 Å². The van der Waals surface area contributed by atoms with Crippen LogP contribution in [0.5, 0.6) is 0 Å². The first kappa shape index (κ1) is 17.7. The Morgan fingerprint density at radius 1 is 1.45 bits per heavy atom. The molecule has 0 heterocycles. The average molecular weight is 305 g/mol. The van der Waals surface area contributed by atoms with Gasteiger partial charge in [-0.25, -0.2) is 4.39 Å². The number of nitrogens with two attached hydrogens (primary N) is 1. The van der Waals surface area contributed by atoms with Crippen molar-refractivity contribution in [3.8, 4) is 5.92 Å². The molecule has 1 aromatic rings. The average Bonchev–Trinajstić information content (AvgIpc) is 2.45. The van der Waals surface area contributed by atoms with Crippen LogP contribution < -0.4 is 5.73 Å². The number of hydrogen-bond donors (Lipinski definition) is 1. The van der Waals surface area contributed by atoms with Gasteiger partial charge in [0, 0.05) is 12.1 Å². The van der Waals surface area contributed by atoms with Crippen LogP contribution >= 0.6 is 0 Å². The SMILES string of the molecule is [C]#Cc1ccc(C(=O)N(CC(=O)OCN)CC(C)C)cc1F. The van der Waals surface area contributed by atoms with Crippen molar-refractivity contribution in [2.75, 3.05) is 19.8 Å². The third-order valence-corrected chi connectivity index (χ3v) is 2.79. The fourth-order valence-electron chi connectivity index (χ4n) is 1.89. The highest BCUT2D eigenvalue weighted by Gasteiger charge is 2.21. The van der Waals surface area contributed by atoms with E-state index in [0.29, 0.717) is 6.54 Å². The molecule has 0 atom stereocenters. The molecule has 5 nitrogen and oxygen atoms in total. The number of rotatable bonds is 6. The van der Waals surface area contributed by atoms with Gasteiger partial charge in [-0.3, -0.25) is 15.3 Å². The summed E-state index contributed by atoms with van der Waals surface area (Å²) in [6.07, 6.45) is 6.92. The van der Waals surface area contributed by atoms with Crippen LogP contribution in [0.25, 0.3) is 0 Å². The van der Waals surface area contributed by atoms with Gasteiger partial charge >= 0.3 is 5.97 Å². The third-order valence-electron chi connectivity index (χ3n) is 2.79. The molecule has 2 N–H and O–H groups in total. The second-order valence-corrected chi connectivity index (χ2v) is 5.08. The second kappa shape index (κ2) is 8.15. The minimum Gasteiger partial charge on any atom is -0.449 e. The lowest BCUT2D eigenvalue weighted by atomic mass is 10.1. The van der Waals surface area contributed by atoms with Crippen LogP contribution in [0.3, 0.4) is 0 Å². The molecule has 6 heteroatoms. The summed E-state index contributed by atoms with van der Waals surface area (Å²) in [6.45, 7) is 3.58. The maximum absolute atomic E-state index is 13.7. The molecular formula is C16H18FN2O3. The van der Waals surface area contributed by atoms with Crippen molar-refractivity contribution < 1.29 is 18.7 Å². The molecule has 1 aromatic carbocycles. The topological polar surface area (TPSA) is 72.6 Å². The van der Waals surface area contributed by atoms with Crippen molar-refractivity contribution >= 4 is 11.9 Å². The van der Waals surface area contributed by atoms with Crippen molar-refractivity contribution in [2.24, 2.45) is 11.7 Å². The predicted molar refractivity (Wildman–Crippen MR) is 78.5 cm³/mol. The number of carbonyl (C=O) groups excluding carboxylic acids is 2. The van der Waals surface area contributed by atoms with Crippen LogP contribution in [0.2, 0.25) is 0 Å². The molecule has 0 aliphatic heterocycles. The summed E-state index contributed by atoms with van der Waals surface area (Å²) in [4.78, 5) is 25.2. The number of halogens is 1. The first-order valence-corrected chi connectivity index (χ1v) is 6.76. The molecule has 1 amide bonds. The van der Waals surface area contributed by atoms with E-state index in [1.807, 2.05) is 19.8 Å². The number of hydrogen-bond acceptors (Lipinski definition) is 4. The molecule has 0 saturated carbocycles. The number of carbonyl (C=O) groups is 2. The lowest BCUT2D eigenvalue weighted by molar-refractivity contribution is -0.144. The summed E-state index contributed by atoms with van der Waals surface area (Å²) in [5.41, 5.74) is 5.19. The normalized spacial score (nSPS) is 10.2. The molecule has 0 fully saturated rings. The third kappa shape index (κ3) is 4.86. The quantitative estimate of drug-likeness (QED) is 0.489. The highest BCUT2D eigenvalue weighted by molar-refractivity contribution is 5.96. The summed E-state index contributed by atoms with van der Waals surface area (Å²) in [5, 5.41) is 0. The maximum atomic E-state index is 13.7. The van der Waals surface area contributed by atoms with Crippen molar-refractivity contribution in [2.45, 2.75) is 13.8 Å². The largest absolute Gasteiger partial charge is 0.449 e. The van der Waals surface area contributed by atoms with Gasteiger partial charge in [0.1, 0.15) is 19.1 Å². The summed E-state index contributed by atoms with van der Waals surface area (Å²) in [6, 6.07) is 3.71. The Labute approximate surface area is 129 Å². The second-order valence-electron chi connectivity index (χ2n) is 5.08. The lowest BCUT2D eigenvalue weighted by Crippen LogP contribution is -2.39. The number of ether oxygens (including phenoxy) is 1. The number of benzene rings is 1. The van der Waals surface area contributed by atoms with E-state index in [1.165, 1.54) is 17.0 Å². The lowest BCUT2D eigenvalue weighted by Gasteiger charge is -2.23. The van der Waals surface area contributed by atoms with Gasteiger partial charge in [0.2, 0.25) is 0 Å². The fraction of sp³-hybridized carbons (Fsp3) is 0.375. The van der Waals surface area contributed by atoms with Gasteiger partial charge < -0.3 is 9.64 Å². The van der Waals surface area contributed by atoms with E-state index in [4.69, 9.17) is 12.2 Å². The zero-order valence-electron chi connectivity index (χ0n) is 12.6. The van der Waals surface area contributed by atoms with E-state index < -0.39 is 17.7 Å². The van der Waals surface area contributed by atoms with Crippen molar-refractivity contribution in [1.82, 2.24) is 4.90 Å². The van der Waals surface area contributed by atoms with Crippen molar-refractivity contribution in [3.63, 3.8) is 0 Å². The molecule has 0 aromatic heterocycles. The van der Waals surface area contributed by atoms with Gasteiger partial charge in [-0.1, -0.05) is 13.8 Å². The zero-order chi connectivity index (χ0) is 16.7. The summed E-state index contributed by atoms with van der Waals surface area (Å²) >= 11 is 0. The predicted octanol–water partition coefficient (Wildman–Crippen LogP) is 1.32. The van der Waals surface area contributed by atoms with E-state index in [2.05, 4.69) is 4.74 Å². The molecule has 117 valence electrons. The maximum Gasteiger partial charge on any atom is 0.326 e. The fourth-order valence-corrected chi connectivity index (χ4v) is 1.89. The van der Waals surface area contributed by atoms with Gasteiger partial charge in [0.05, 0.1) is 5.56 Å². The molecule has 0 aliphatic carbocycles. The minimum atomic E-state index is -0.713.